The first-order chi connectivity index (χ1) is 15.8. The van der Waals surface area contributed by atoms with Crippen molar-refractivity contribution < 1.29 is 14.3 Å². The minimum Gasteiger partial charge on any atom is -0.497 e. The Morgan fingerprint density at radius 3 is 2.33 bits per heavy atom. The molecule has 0 aliphatic carbocycles. The quantitative estimate of drug-likeness (QED) is 0.459. The summed E-state index contributed by atoms with van der Waals surface area (Å²) in [7, 11) is 1.63. The van der Waals surface area contributed by atoms with E-state index in [0.29, 0.717) is 18.7 Å². The monoisotopic (exact) mass is 470 g/mol. The number of nitrogens with one attached hydrogen (secondary N) is 1. The summed E-state index contributed by atoms with van der Waals surface area (Å²) in [5, 5.41) is 3.05. The zero-order chi connectivity index (χ0) is 24.4. The van der Waals surface area contributed by atoms with Gasteiger partial charge in [0, 0.05) is 18.3 Å². The largest absolute Gasteiger partial charge is 0.497 e. The van der Waals surface area contributed by atoms with Gasteiger partial charge in [0.25, 0.3) is 0 Å². The zero-order valence-electron chi connectivity index (χ0n) is 20.8. The predicted molar refractivity (Wildman–Crippen MR) is 138 cm³/mol. The van der Waals surface area contributed by atoms with E-state index in [9.17, 15) is 9.59 Å². The summed E-state index contributed by atoms with van der Waals surface area (Å²) in [6, 6.07) is 13.7. The van der Waals surface area contributed by atoms with Crippen LogP contribution in [-0.4, -0.2) is 41.7 Å². The second kappa shape index (κ2) is 13.3. The van der Waals surface area contributed by atoms with Crippen molar-refractivity contribution in [3.63, 3.8) is 0 Å². The van der Waals surface area contributed by atoms with E-state index in [-0.39, 0.29) is 17.9 Å². The molecule has 2 atom stereocenters. The maximum absolute atomic E-state index is 13.4. The molecule has 180 valence electrons. The second-order valence-corrected chi connectivity index (χ2v) is 9.59. The average Bonchev–Trinajstić information content (AvgIpc) is 2.78. The van der Waals surface area contributed by atoms with Crippen LogP contribution in [0.15, 0.2) is 42.5 Å². The normalized spacial score (nSPS) is 12.7. The van der Waals surface area contributed by atoms with E-state index in [1.807, 2.05) is 45.0 Å². The predicted octanol–water partition coefficient (Wildman–Crippen LogP) is 5.27. The smallest absolute Gasteiger partial charge is 0.243 e. The van der Waals surface area contributed by atoms with Crippen LogP contribution >= 0.6 is 11.8 Å². The Balaban J connectivity index is 2.18. The minimum atomic E-state index is -0.514. The van der Waals surface area contributed by atoms with Gasteiger partial charge in [0.05, 0.1) is 12.9 Å². The number of carbonyl (C=O) groups excluding carboxylic acids is 2. The second-order valence-electron chi connectivity index (χ2n) is 8.60. The summed E-state index contributed by atoms with van der Waals surface area (Å²) in [5.74, 6) is 1.70. The molecule has 33 heavy (non-hydrogen) atoms. The van der Waals surface area contributed by atoms with Crippen LogP contribution in [0.4, 0.5) is 0 Å². The third-order valence-electron chi connectivity index (χ3n) is 5.65. The Kier molecular flexibility index (Phi) is 10.8. The van der Waals surface area contributed by atoms with E-state index in [4.69, 9.17) is 4.74 Å². The van der Waals surface area contributed by atoms with E-state index in [1.54, 1.807) is 23.8 Å². The van der Waals surface area contributed by atoms with E-state index in [1.165, 1.54) is 16.7 Å². The first kappa shape index (κ1) is 26.8. The molecular weight excluding hydrogens is 432 g/mol. The van der Waals surface area contributed by atoms with E-state index < -0.39 is 6.04 Å². The molecule has 0 spiro atoms. The van der Waals surface area contributed by atoms with Crippen molar-refractivity contribution in [1.29, 1.82) is 0 Å². The van der Waals surface area contributed by atoms with Gasteiger partial charge in [0.2, 0.25) is 11.8 Å². The van der Waals surface area contributed by atoms with Gasteiger partial charge in [0.15, 0.2) is 0 Å². The van der Waals surface area contributed by atoms with Crippen LogP contribution in [0.1, 0.15) is 55.9 Å². The topological polar surface area (TPSA) is 58.6 Å². The van der Waals surface area contributed by atoms with Crippen LogP contribution in [0.25, 0.3) is 0 Å². The summed E-state index contributed by atoms with van der Waals surface area (Å²) in [6.07, 6.45) is 1.40. The number of rotatable bonds is 12. The lowest BCUT2D eigenvalue weighted by molar-refractivity contribution is -0.139. The van der Waals surface area contributed by atoms with Crippen molar-refractivity contribution in [2.24, 2.45) is 0 Å². The lowest BCUT2D eigenvalue weighted by Gasteiger charge is -2.31. The van der Waals surface area contributed by atoms with Crippen LogP contribution in [0.2, 0.25) is 0 Å². The van der Waals surface area contributed by atoms with Crippen molar-refractivity contribution in [1.82, 2.24) is 10.2 Å². The summed E-state index contributed by atoms with van der Waals surface area (Å²) in [5.41, 5.74) is 4.61. The number of thioether (sulfide) groups is 1. The molecule has 2 aromatic carbocycles. The number of aryl methyl sites for hydroxylation is 2. The SMILES string of the molecule is CC[C@H](C)NC(=O)[C@H](CC)N(Cc1cccc(OC)c1)C(=O)CSCc1cc(C)cc(C)c1. The van der Waals surface area contributed by atoms with Crippen LogP contribution in [0.3, 0.4) is 0 Å². The molecule has 2 amide bonds. The number of methoxy groups -OCH3 is 1. The molecule has 0 aromatic heterocycles. The van der Waals surface area contributed by atoms with Gasteiger partial charge in [-0.2, -0.15) is 0 Å². The van der Waals surface area contributed by atoms with Crippen LogP contribution in [0, 0.1) is 13.8 Å². The highest BCUT2D eigenvalue weighted by Crippen LogP contribution is 2.20. The van der Waals surface area contributed by atoms with Crippen LogP contribution in [0.5, 0.6) is 5.75 Å². The number of hydrogen-bond acceptors (Lipinski definition) is 4. The molecule has 2 rings (SSSR count). The van der Waals surface area contributed by atoms with Crippen molar-refractivity contribution in [3.8, 4) is 5.75 Å². The molecule has 0 heterocycles. The van der Waals surface area contributed by atoms with Gasteiger partial charge in [0.1, 0.15) is 11.8 Å². The fourth-order valence-corrected chi connectivity index (χ4v) is 4.66. The molecule has 2 aromatic rings. The summed E-state index contributed by atoms with van der Waals surface area (Å²) in [4.78, 5) is 28.1. The minimum absolute atomic E-state index is 0.0293. The highest BCUT2D eigenvalue weighted by molar-refractivity contribution is 7.99. The molecule has 0 aliphatic rings. The van der Waals surface area contributed by atoms with Gasteiger partial charge < -0.3 is 15.0 Å². The Bertz CT molecular complexity index is 911. The molecule has 0 bridgehead atoms. The number of carbonyl (C=O) groups is 2. The van der Waals surface area contributed by atoms with Gasteiger partial charge in [-0.15, -0.1) is 11.8 Å². The third-order valence-corrected chi connectivity index (χ3v) is 6.64. The zero-order valence-corrected chi connectivity index (χ0v) is 21.6. The van der Waals surface area contributed by atoms with Crippen molar-refractivity contribution in [2.45, 2.75) is 71.8 Å². The van der Waals surface area contributed by atoms with Gasteiger partial charge in [-0.1, -0.05) is 55.3 Å². The number of ether oxygens (including phenoxy) is 1. The molecule has 0 aliphatic heterocycles. The van der Waals surface area contributed by atoms with Crippen molar-refractivity contribution >= 4 is 23.6 Å². The van der Waals surface area contributed by atoms with Crippen molar-refractivity contribution in [2.75, 3.05) is 12.9 Å². The Morgan fingerprint density at radius 2 is 1.73 bits per heavy atom. The van der Waals surface area contributed by atoms with Crippen LogP contribution in [-0.2, 0) is 21.9 Å². The number of nitrogens with zero attached hydrogens (tertiary/aromatic N) is 1. The van der Waals surface area contributed by atoms with Gasteiger partial charge in [-0.3, -0.25) is 9.59 Å². The fourth-order valence-electron chi connectivity index (χ4n) is 3.82. The van der Waals surface area contributed by atoms with E-state index in [0.717, 1.165) is 23.5 Å². The maximum atomic E-state index is 13.4. The maximum Gasteiger partial charge on any atom is 0.243 e. The average molecular weight is 471 g/mol. The first-order valence-electron chi connectivity index (χ1n) is 11.6. The van der Waals surface area contributed by atoms with Gasteiger partial charge in [-0.05, 0) is 56.9 Å². The van der Waals surface area contributed by atoms with Crippen LogP contribution < -0.4 is 10.1 Å². The molecular formula is C27H38N2O3S. The lowest BCUT2D eigenvalue weighted by atomic mass is 10.1. The number of hydrogen-bond donors (Lipinski definition) is 1. The number of benzene rings is 2. The molecule has 0 radical (unpaired) electrons. The highest BCUT2D eigenvalue weighted by Gasteiger charge is 2.29. The molecule has 0 saturated heterocycles. The molecule has 1 N–H and O–H groups in total. The van der Waals surface area contributed by atoms with Gasteiger partial charge >= 0.3 is 0 Å². The highest BCUT2D eigenvalue weighted by atomic mass is 32.2. The number of amides is 2. The summed E-state index contributed by atoms with van der Waals surface area (Å²) in [6.45, 7) is 10.5. The Labute approximate surface area is 203 Å². The van der Waals surface area contributed by atoms with E-state index in [2.05, 4.69) is 37.4 Å². The first-order valence-corrected chi connectivity index (χ1v) is 12.8. The Morgan fingerprint density at radius 1 is 1.03 bits per heavy atom. The van der Waals surface area contributed by atoms with E-state index >= 15 is 0 Å². The third kappa shape index (κ3) is 8.43. The molecule has 5 nitrogen and oxygen atoms in total. The van der Waals surface area contributed by atoms with Gasteiger partial charge in [-0.25, -0.2) is 0 Å². The molecule has 6 heteroatoms. The standard InChI is InChI=1S/C27H38N2O3S/c1-7-21(5)28-27(31)25(8-2)29(16-22-10-9-11-24(15-22)32-6)26(30)18-33-17-23-13-19(3)12-20(4)14-23/h9-15,21,25H,7-8,16-18H2,1-6H3,(H,28,31)/t21-,25-/m0/s1. The summed E-state index contributed by atoms with van der Waals surface area (Å²) < 4.78 is 5.34. The van der Waals surface area contributed by atoms with Crippen molar-refractivity contribution in [3.05, 3.63) is 64.7 Å². The fraction of sp³-hybridized carbons (Fsp3) is 0.481. The molecule has 0 fully saturated rings. The molecule has 0 unspecified atom stereocenters. The Hall–Kier alpha value is -2.47. The lowest BCUT2D eigenvalue weighted by Crippen LogP contribution is -2.51. The molecule has 0 saturated carbocycles. The summed E-state index contributed by atoms with van der Waals surface area (Å²) >= 11 is 1.59.